The van der Waals surface area contributed by atoms with Gasteiger partial charge in [-0.05, 0) is 25.1 Å². The standard InChI is InChI=1S/C12H17N3O/c1-2-5-13-11(12-14-6-7-15-12)9-10-4-3-8-16-10/h3-4,6-8,11,13H,2,5,9H2,1H3,(H,14,15). The van der Waals surface area contributed by atoms with Crippen molar-refractivity contribution in [1.82, 2.24) is 15.3 Å². The Morgan fingerprint density at radius 3 is 3.12 bits per heavy atom. The molecule has 1 atom stereocenters. The molecule has 2 aromatic rings. The van der Waals surface area contributed by atoms with Crippen molar-refractivity contribution in [3.8, 4) is 0 Å². The molecule has 2 rings (SSSR count). The quantitative estimate of drug-likeness (QED) is 0.783. The highest BCUT2D eigenvalue weighted by molar-refractivity contribution is 5.05. The van der Waals surface area contributed by atoms with E-state index in [1.165, 1.54) is 0 Å². The third kappa shape index (κ3) is 2.73. The second-order valence-corrected chi connectivity index (χ2v) is 3.76. The zero-order chi connectivity index (χ0) is 11.2. The molecule has 2 N–H and O–H groups in total. The summed E-state index contributed by atoms with van der Waals surface area (Å²) < 4.78 is 5.36. The third-order valence-corrected chi connectivity index (χ3v) is 2.48. The van der Waals surface area contributed by atoms with E-state index in [4.69, 9.17) is 4.42 Å². The van der Waals surface area contributed by atoms with Gasteiger partial charge in [-0.1, -0.05) is 6.92 Å². The van der Waals surface area contributed by atoms with Crippen LogP contribution in [-0.2, 0) is 6.42 Å². The van der Waals surface area contributed by atoms with Gasteiger partial charge in [0.1, 0.15) is 11.6 Å². The minimum atomic E-state index is 0.195. The van der Waals surface area contributed by atoms with Crippen molar-refractivity contribution in [2.45, 2.75) is 25.8 Å². The molecule has 0 aliphatic carbocycles. The SMILES string of the molecule is CCCNC(Cc1ccco1)c1ncc[nH]1. The minimum absolute atomic E-state index is 0.195. The topological polar surface area (TPSA) is 53.9 Å². The molecule has 0 aliphatic heterocycles. The number of aromatic amines is 1. The van der Waals surface area contributed by atoms with Crippen molar-refractivity contribution in [3.63, 3.8) is 0 Å². The molecule has 4 nitrogen and oxygen atoms in total. The van der Waals surface area contributed by atoms with E-state index in [2.05, 4.69) is 22.2 Å². The second-order valence-electron chi connectivity index (χ2n) is 3.76. The number of aromatic nitrogens is 2. The molecule has 2 aromatic heterocycles. The first-order valence-corrected chi connectivity index (χ1v) is 5.65. The van der Waals surface area contributed by atoms with Crippen molar-refractivity contribution < 1.29 is 4.42 Å². The van der Waals surface area contributed by atoms with E-state index in [0.717, 1.165) is 31.0 Å². The Kier molecular flexibility index (Phi) is 3.77. The van der Waals surface area contributed by atoms with Crippen LogP contribution in [0.2, 0.25) is 0 Å². The van der Waals surface area contributed by atoms with Gasteiger partial charge in [0.15, 0.2) is 0 Å². The highest BCUT2D eigenvalue weighted by Crippen LogP contribution is 2.15. The predicted molar refractivity (Wildman–Crippen MR) is 62.0 cm³/mol. The second kappa shape index (κ2) is 5.51. The van der Waals surface area contributed by atoms with Crippen molar-refractivity contribution in [2.75, 3.05) is 6.54 Å². The maximum absolute atomic E-state index is 5.36. The number of rotatable bonds is 6. The van der Waals surface area contributed by atoms with Crippen molar-refractivity contribution >= 4 is 0 Å². The summed E-state index contributed by atoms with van der Waals surface area (Å²) in [5, 5.41) is 3.46. The van der Waals surface area contributed by atoms with Crippen LogP contribution in [0, 0.1) is 0 Å². The van der Waals surface area contributed by atoms with E-state index in [1.807, 2.05) is 18.3 Å². The van der Waals surface area contributed by atoms with Gasteiger partial charge in [-0.3, -0.25) is 0 Å². The van der Waals surface area contributed by atoms with Gasteiger partial charge in [0, 0.05) is 18.8 Å². The van der Waals surface area contributed by atoms with E-state index >= 15 is 0 Å². The van der Waals surface area contributed by atoms with Gasteiger partial charge in [-0.2, -0.15) is 0 Å². The average Bonchev–Trinajstić information content (AvgIpc) is 2.96. The Balaban J connectivity index is 2.03. The van der Waals surface area contributed by atoms with Crippen LogP contribution in [0.15, 0.2) is 35.2 Å². The first-order chi connectivity index (χ1) is 7.90. The fourth-order valence-corrected chi connectivity index (χ4v) is 1.68. The van der Waals surface area contributed by atoms with Crippen LogP contribution < -0.4 is 5.32 Å². The molecule has 0 amide bonds. The fourth-order valence-electron chi connectivity index (χ4n) is 1.68. The molecule has 0 radical (unpaired) electrons. The van der Waals surface area contributed by atoms with Crippen molar-refractivity contribution in [1.29, 1.82) is 0 Å². The molecule has 1 unspecified atom stereocenters. The first-order valence-electron chi connectivity index (χ1n) is 5.65. The van der Waals surface area contributed by atoms with Crippen LogP contribution in [0.1, 0.15) is 31.0 Å². The number of nitrogens with zero attached hydrogens (tertiary/aromatic N) is 1. The van der Waals surface area contributed by atoms with Gasteiger partial charge in [0.25, 0.3) is 0 Å². The van der Waals surface area contributed by atoms with Crippen LogP contribution in [-0.4, -0.2) is 16.5 Å². The van der Waals surface area contributed by atoms with Crippen molar-refractivity contribution in [3.05, 3.63) is 42.4 Å². The highest BCUT2D eigenvalue weighted by atomic mass is 16.3. The molecule has 16 heavy (non-hydrogen) atoms. The Hall–Kier alpha value is -1.55. The molecule has 0 saturated carbocycles. The molecular formula is C12H17N3O. The summed E-state index contributed by atoms with van der Waals surface area (Å²) in [7, 11) is 0. The molecule has 0 fully saturated rings. The lowest BCUT2D eigenvalue weighted by Gasteiger charge is -2.14. The van der Waals surface area contributed by atoms with Gasteiger partial charge in [-0.15, -0.1) is 0 Å². The smallest absolute Gasteiger partial charge is 0.123 e. The van der Waals surface area contributed by atoms with E-state index < -0.39 is 0 Å². The van der Waals surface area contributed by atoms with Gasteiger partial charge in [0.2, 0.25) is 0 Å². The molecule has 0 aromatic carbocycles. The van der Waals surface area contributed by atoms with E-state index in [-0.39, 0.29) is 6.04 Å². The van der Waals surface area contributed by atoms with Crippen LogP contribution in [0.3, 0.4) is 0 Å². The summed E-state index contributed by atoms with van der Waals surface area (Å²) >= 11 is 0. The number of hydrogen-bond acceptors (Lipinski definition) is 3. The van der Waals surface area contributed by atoms with E-state index in [1.54, 1.807) is 12.5 Å². The fraction of sp³-hybridized carbons (Fsp3) is 0.417. The Labute approximate surface area is 95.1 Å². The molecular weight excluding hydrogens is 202 g/mol. The largest absolute Gasteiger partial charge is 0.469 e. The number of furan rings is 1. The van der Waals surface area contributed by atoms with E-state index in [0.29, 0.717) is 0 Å². The van der Waals surface area contributed by atoms with Crippen molar-refractivity contribution in [2.24, 2.45) is 0 Å². The highest BCUT2D eigenvalue weighted by Gasteiger charge is 2.14. The lowest BCUT2D eigenvalue weighted by Crippen LogP contribution is -2.25. The van der Waals surface area contributed by atoms with Gasteiger partial charge in [-0.25, -0.2) is 4.98 Å². The van der Waals surface area contributed by atoms with Crippen LogP contribution in [0.25, 0.3) is 0 Å². The predicted octanol–water partition coefficient (Wildman–Crippen LogP) is 2.29. The zero-order valence-corrected chi connectivity index (χ0v) is 9.44. The Morgan fingerprint density at radius 2 is 2.50 bits per heavy atom. The molecule has 86 valence electrons. The van der Waals surface area contributed by atoms with Gasteiger partial charge >= 0.3 is 0 Å². The molecule has 0 aliphatic rings. The zero-order valence-electron chi connectivity index (χ0n) is 9.44. The summed E-state index contributed by atoms with van der Waals surface area (Å²) in [5.74, 6) is 1.94. The lowest BCUT2D eigenvalue weighted by molar-refractivity contribution is 0.439. The maximum Gasteiger partial charge on any atom is 0.123 e. The molecule has 4 heteroatoms. The Bertz CT molecular complexity index is 380. The maximum atomic E-state index is 5.36. The summed E-state index contributed by atoms with van der Waals surface area (Å²) in [6, 6.07) is 4.10. The lowest BCUT2D eigenvalue weighted by atomic mass is 10.1. The van der Waals surface area contributed by atoms with Crippen LogP contribution >= 0.6 is 0 Å². The molecule has 0 spiro atoms. The molecule has 2 heterocycles. The van der Waals surface area contributed by atoms with Crippen LogP contribution in [0.4, 0.5) is 0 Å². The summed E-state index contributed by atoms with van der Waals surface area (Å²) in [4.78, 5) is 7.43. The average molecular weight is 219 g/mol. The molecule has 0 saturated heterocycles. The number of H-pyrrole nitrogens is 1. The normalized spacial score (nSPS) is 12.8. The van der Waals surface area contributed by atoms with Gasteiger partial charge in [0.05, 0.1) is 12.3 Å². The third-order valence-electron chi connectivity index (χ3n) is 2.48. The summed E-state index contributed by atoms with van der Waals surface area (Å²) in [5.41, 5.74) is 0. The number of imidazole rings is 1. The first kappa shape index (κ1) is 11.0. The summed E-state index contributed by atoms with van der Waals surface area (Å²) in [6.45, 7) is 3.13. The summed E-state index contributed by atoms with van der Waals surface area (Å²) in [6.07, 6.45) is 7.25. The monoisotopic (exact) mass is 219 g/mol. The Morgan fingerprint density at radius 1 is 1.56 bits per heavy atom. The van der Waals surface area contributed by atoms with Crippen LogP contribution in [0.5, 0.6) is 0 Å². The number of nitrogens with one attached hydrogen (secondary N) is 2. The number of hydrogen-bond donors (Lipinski definition) is 2. The molecule has 0 bridgehead atoms. The van der Waals surface area contributed by atoms with E-state index in [9.17, 15) is 0 Å². The minimum Gasteiger partial charge on any atom is -0.469 e. The van der Waals surface area contributed by atoms with Gasteiger partial charge < -0.3 is 14.7 Å².